The summed E-state index contributed by atoms with van der Waals surface area (Å²) >= 11 is 0. The molecule has 1 amide bonds. The lowest BCUT2D eigenvalue weighted by molar-refractivity contribution is 0.0740. The molecule has 0 unspecified atom stereocenters. The molecule has 0 radical (unpaired) electrons. The summed E-state index contributed by atoms with van der Waals surface area (Å²) in [5, 5.41) is 0. The molecule has 4 nitrogen and oxygen atoms in total. The molecule has 0 fully saturated rings. The molecule has 0 atom stereocenters. The zero-order chi connectivity index (χ0) is 14.5. The fourth-order valence-electron chi connectivity index (χ4n) is 1.88. The van der Waals surface area contributed by atoms with Crippen molar-refractivity contribution in [2.45, 2.75) is 20.8 Å². The molecule has 1 rings (SSSR count). The second-order valence-corrected chi connectivity index (χ2v) is 5.49. The number of carbonyl (C=O) groups excluding carboxylic acids is 1. The molecular formula is C15H24N2O2. The second kappa shape index (κ2) is 6.57. The maximum Gasteiger partial charge on any atom is 0.253 e. The van der Waals surface area contributed by atoms with E-state index in [1.165, 1.54) is 0 Å². The Labute approximate surface area is 115 Å². The number of rotatable bonds is 6. The standard InChI is InChI=1S/C15H24N2O2/c1-5-19-13-8-6-7-12(9-13)14(18)17(4)11-15(2,3)10-16/h6-9H,5,10-11,16H2,1-4H3. The molecule has 0 aromatic heterocycles. The highest BCUT2D eigenvalue weighted by Gasteiger charge is 2.22. The van der Waals surface area contributed by atoms with Crippen LogP contribution in [0.25, 0.3) is 0 Å². The highest BCUT2D eigenvalue weighted by molar-refractivity contribution is 5.94. The summed E-state index contributed by atoms with van der Waals surface area (Å²) in [6.07, 6.45) is 0. The Morgan fingerprint density at radius 2 is 2.11 bits per heavy atom. The first-order valence-electron chi connectivity index (χ1n) is 6.58. The Morgan fingerprint density at radius 3 is 2.68 bits per heavy atom. The largest absolute Gasteiger partial charge is 0.494 e. The van der Waals surface area contributed by atoms with Gasteiger partial charge in [-0.2, -0.15) is 0 Å². The summed E-state index contributed by atoms with van der Waals surface area (Å²) in [6.45, 7) is 7.78. The third-order valence-corrected chi connectivity index (χ3v) is 2.96. The highest BCUT2D eigenvalue weighted by atomic mass is 16.5. The maximum atomic E-state index is 12.3. The van der Waals surface area contributed by atoms with Crippen LogP contribution in [0.2, 0.25) is 0 Å². The van der Waals surface area contributed by atoms with Crippen molar-refractivity contribution in [1.82, 2.24) is 4.90 Å². The number of hydrogen-bond donors (Lipinski definition) is 1. The van der Waals surface area contributed by atoms with Crippen LogP contribution >= 0.6 is 0 Å². The predicted octanol–water partition coefficient (Wildman–Crippen LogP) is 2.14. The lowest BCUT2D eigenvalue weighted by Crippen LogP contribution is -2.39. The van der Waals surface area contributed by atoms with E-state index in [1.54, 1.807) is 24.1 Å². The quantitative estimate of drug-likeness (QED) is 0.856. The van der Waals surface area contributed by atoms with Gasteiger partial charge in [0, 0.05) is 19.2 Å². The average molecular weight is 264 g/mol. The summed E-state index contributed by atoms with van der Waals surface area (Å²) in [4.78, 5) is 14.0. The van der Waals surface area contributed by atoms with Crippen LogP contribution in [-0.2, 0) is 0 Å². The minimum absolute atomic E-state index is 0.0110. The van der Waals surface area contributed by atoms with Crippen LogP contribution in [0.5, 0.6) is 5.75 Å². The molecule has 106 valence electrons. The van der Waals surface area contributed by atoms with Crippen molar-refractivity contribution in [2.75, 3.05) is 26.7 Å². The van der Waals surface area contributed by atoms with Crippen LogP contribution < -0.4 is 10.5 Å². The van der Waals surface area contributed by atoms with Gasteiger partial charge < -0.3 is 15.4 Å². The van der Waals surface area contributed by atoms with Crippen molar-refractivity contribution >= 4 is 5.91 Å². The molecule has 1 aromatic rings. The number of nitrogens with zero attached hydrogens (tertiary/aromatic N) is 1. The Bertz CT molecular complexity index is 430. The summed E-state index contributed by atoms with van der Waals surface area (Å²) in [6, 6.07) is 7.26. The van der Waals surface area contributed by atoms with E-state index in [-0.39, 0.29) is 11.3 Å². The SMILES string of the molecule is CCOc1cccc(C(=O)N(C)CC(C)(C)CN)c1. The third-order valence-electron chi connectivity index (χ3n) is 2.96. The van der Waals surface area contributed by atoms with Gasteiger partial charge in [0.2, 0.25) is 0 Å². The Kier molecular flexibility index (Phi) is 5.36. The van der Waals surface area contributed by atoms with Crippen LogP contribution in [0.15, 0.2) is 24.3 Å². The summed E-state index contributed by atoms with van der Waals surface area (Å²) in [5.41, 5.74) is 6.26. The minimum atomic E-state index is -0.0814. The summed E-state index contributed by atoms with van der Waals surface area (Å²) in [5.74, 6) is 0.711. The van der Waals surface area contributed by atoms with Gasteiger partial charge in [0.05, 0.1) is 6.61 Å². The van der Waals surface area contributed by atoms with E-state index in [1.807, 2.05) is 32.9 Å². The normalized spacial score (nSPS) is 11.2. The molecule has 0 aliphatic heterocycles. The number of benzene rings is 1. The van der Waals surface area contributed by atoms with Gasteiger partial charge >= 0.3 is 0 Å². The first kappa shape index (κ1) is 15.5. The van der Waals surface area contributed by atoms with E-state index >= 15 is 0 Å². The fraction of sp³-hybridized carbons (Fsp3) is 0.533. The zero-order valence-corrected chi connectivity index (χ0v) is 12.3. The van der Waals surface area contributed by atoms with Crippen LogP contribution in [-0.4, -0.2) is 37.6 Å². The van der Waals surface area contributed by atoms with Crippen LogP contribution in [0.3, 0.4) is 0 Å². The van der Waals surface area contributed by atoms with Gasteiger partial charge in [0.25, 0.3) is 5.91 Å². The first-order valence-corrected chi connectivity index (χ1v) is 6.58. The second-order valence-electron chi connectivity index (χ2n) is 5.49. The van der Waals surface area contributed by atoms with Gasteiger partial charge in [0.1, 0.15) is 5.75 Å². The number of nitrogens with two attached hydrogens (primary N) is 1. The monoisotopic (exact) mass is 264 g/mol. The number of carbonyl (C=O) groups is 1. The van der Waals surface area contributed by atoms with Crippen molar-refractivity contribution in [2.24, 2.45) is 11.1 Å². The number of ether oxygens (including phenoxy) is 1. The van der Waals surface area contributed by atoms with Crippen molar-refractivity contribution < 1.29 is 9.53 Å². The number of amides is 1. The third kappa shape index (κ3) is 4.56. The van der Waals surface area contributed by atoms with Gasteiger partial charge in [-0.3, -0.25) is 4.79 Å². The van der Waals surface area contributed by atoms with Gasteiger partial charge in [-0.05, 0) is 37.1 Å². The summed E-state index contributed by atoms with van der Waals surface area (Å²) < 4.78 is 5.41. The van der Waals surface area contributed by atoms with E-state index in [0.717, 1.165) is 5.75 Å². The van der Waals surface area contributed by atoms with Crippen molar-refractivity contribution in [3.05, 3.63) is 29.8 Å². The molecule has 0 spiro atoms. The highest BCUT2D eigenvalue weighted by Crippen LogP contribution is 2.18. The van der Waals surface area contributed by atoms with E-state index in [0.29, 0.717) is 25.3 Å². The molecule has 0 aliphatic carbocycles. The molecule has 0 aliphatic rings. The van der Waals surface area contributed by atoms with Crippen molar-refractivity contribution in [3.63, 3.8) is 0 Å². The predicted molar refractivity (Wildman–Crippen MR) is 77.4 cm³/mol. The lowest BCUT2D eigenvalue weighted by Gasteiger charge is -2.29. The smallest absolute Gasteiger partial charge is 0.253 e. The Morgan fingerprint density at radius 1 is 1.42 bits per heavy atom. The number of hydrogen-bond acceptors (Lipinski definition) is 3. The van der Waals surface area contributed by atoms with Crippen molar-refractivity contribution in [1.29, 1.82) is 0 Å². The van der Waals surface area contributed by atoms with Gasteiger partial charge in [-0.1, -0.05) is 19.9 Å². The lowest BCUT2D eigenvalue weighted by atomic mass is 9.93. The molecule has 4 heteroatoms. The van der Waals surface area contributed by atoms with Crippen LogP contribution in [0.4, 0.5) is 0 Å². The maximum absolute atomic E-state index is 12.3. The van der Waals surface area contributed by atoms with Crippen LogP contribution in [0, 0.1) is 5.41 Å². The molecular weight excluding hydrogens is 240 g/mol. The van der Waals surface area contributed by atoms with Gasteiger partial charge in [-0.25, -0.2) is 0 Å². The first-order chi connectivity index (χ1) is 8.89. The molecule has 2 N–H and O–H groups in total. The molecule has 0 bridgehead atoms. The van der Waals surface area contributed by atoms with E-state index in [9.17, 15) is 4.79 Å². The van der Waals surface area contributed by atoms with Crippen LogP contribution in [0.1, 0.15) is 31.1 Å². The Hall–Kier alpha value is -1.55. The average Bonchev–Trinajstić information content (AvgIpc) is 2.38. The molecule has 0 saturated carbocycles. The van der Waals surface area contributed by atoms with Crippen molar-refractivity contribution in [3.8, 4) is 5.75 Å². The molecule has 1 aromatic carbocycles. The van der Waals surface area contributed by atoms with Gasteiger partial charge in [0.15, 0.2) is 0 Å². The fourth-order valence-corrected chi connectivity index (χ4v) is 1.88. The minimum Gasteiger partial charge on any atom is -0.494 e. The molecule has 0 saturated heterocycles. The van der Waals surface area contributed by atoms with E-state index < -0.39 is 0 Å². The van der Waals surface area contributed by atoms with E-state index in [2.05, 4.69) is 0 Å². The summed E-state index contributed by atoms with van der Waals surface area (Å²) in [7, 11) is 1.80. The molecule has 0 heterocycles. The molecule has 19 heavy (non-hydrogen) atoms. The zero-order valence-electron chi connectivity index (χ0n) is 12.3. The topological polar surface area (TPSA) is 55.6 Å². The van der Waals surface area contributed by atoms with Gasteiger partial charge in [-0.15, -0.1) is 0 Å². The Balaban J connectivity index is 2.79. The van der Waals surface area contributed by atoms with E-state index in [4.69, 9.17) is 10.5 Å².